The Morgan fingerprint density at radius 3 is 2.88 bits per heavy atom. The minimum Gasteiger partial charge on any atom is -0.478 e. The molecule has 0 saturated carbocycles. The number of hydrogen-bond acceptors (Lipinski definition) is 3. The number of rotatable bonds is 3. The molecule has 0 aromatic carbocycles. The molecular weight excluding hydrogens is 209 g/mol. The van der Waals surface area contributed by atoms with Gasteiger partial charge in [-0.1, -0.05) is 0 Å². The Hall–Kier alpha value is -1.91. The Labute approximate surface area is 92.7 Å². The number of aromatic nitrogens is 3. The molecule has 2 rings (SSSR count). The van der Waals surface area contributed by atoms with E-state index >= 15 is 0 Å². The first-order valence-corrected chi connectivity index (χ1v) is 5.01. The van der Waals surface area contributed by atoms with Gasteiger partial charge < -0.3 is 4.74 Å². The predicted molar refractivity (Wildman–Crippen MR) is 57.2 cm³/mol. The minimum absolute atomic E-state index is 0.395. The Morgan fingerprint density at radius 2 is 2.19 bits per heavy atom. The molecule has 0 spiro atoms. The van der Waals surface area contributed by atoms with Crippen LogP contribution in [0.4, 0.5) is 4.39 Å². The van der Waals surface area contributed by atoms with Crippen LogP contribution in [0.5, 0.6) is 5.88 Å². The summed E-state index contributed by atoms with van der Waals surface area (Å²) in [5.74, 6) is 0.195. The molecule has 0 bridgehead atoms. The topological polar surface area (TPSA) is 39.9 Å². The molecule has 0 amide bonds. The minimum atomic E-state index is -0.395. The molecule has 0 fully saturated rings. The van der Waals surface area contributed by atoms with Crippen molar-refractivity contribution in [1.29, 1.82) is 0 Å². The van der Waals surface area contributed by atoms with E-state index in [1.165, 1.54) is 16.9 Å². The van der Waals surface area contributed by atoms with Crippen LogP contribution in [0.25, 0.3) is 5.69 Å². The highest BCUT2D eigenvalue weighted by Gasteiger charge is 2.09. The quantitative estimate of drug-likeness (QED) is 0.797. The molecule has 0 radical (unpaired) electrons. The molecule has 4 nitrogen and oxygen atoms in total. The van der Waals surface area contributed by atoms with Crippen molar-refractivity contribution < 1.29 is 9.13 Å². The Kier molecular flexibility index (Phi) is 2.85. The fraction of sp³-hybridized carbons (Fsp3) is 0.273. The summed E-state index contributed by atoms with van der Waals surface area (Å²) in [7, 11) is 0. The SMILES string of the molecule is CCOc1cc(C)nn1-c1cncc(F)c1. The third-order valence-corrected chi connectivity index (χ3v) is 2.03. The molecule has 0 saturated heterocycles. The highest BCUT2D eigenvalue weighted by atomic mass is 19.1. The highest BCUT2D eigenvalue weighted by Crippen LogP contribution is 2.18. The number of nitrogens with zero attached hydrogens (tertiary/aromatic N) is 3. The van der Waals surface area contributed by atoms with Crippen LogP contribution in [0.3, 0.4) is 0 Å². The molecule has 2 aromatic rings. The summed E-state index contributed by atoms with van der Waals surface area (Å²) in [4.78, 5) is 3.78. The van der Waals surface area contributed by atoms with Gasteiger partial charge in [-0.05, 0) is 13.8 Å². The monoisotopic (exact) mass is 221 g/mol. The normalized spacial score (nSPS) is 10.4. The lowest BCUT2D eigenvalue weighted by atomic mass is 10.4. The van der Waals surface area contributed by atoms with Gasteiger partial charge >= 0.3 is 0 Å². The lowest BCUT2D eigenvalue weighted by molar-refractivity contribution is 0.316. The van der Waals surface area contributed by atoms with E-state index in [-0.39, 0.29) is 0 Å². The maximum absolute atomic E-state index is 13.0. The van der Waals surface area contributed by atoms with Crippen molar-refractivity contribution in [2.75, 3.05) is 6.61 Å². The maximum atomic E-state index is 13.0. The number of aryl methyl sites for hydroxylation is 1. The second-order valence-corrected chi connectivity index (χ2v) is 3.33. The molecule has 84 valence electrons. The van der Waals surface area contributed by atoms with E-state index in [1.54, 1.807) is 6.07 Å². The van der Waals surface area contributed by atoms with Gasteiger partial charge in [0.15, 0.2) is 0 Å². The Morgan fingerprint density at radius 1 is 1.38 bits per heavy atom. The molecule has 0 aliphatic carbocycles. The molecule has 0 atom stereocenters. The zero-order valence-electron chi connectivity index (χ0n) is 9.14. The molecule has 0 aliphatic rings. The van der Waals surface area contributed by atoms with Gasteiger partial charge in [-0.25, -0.2) is 4.39 Å². The van der Waals surface area contributed by atoms with Crippen molar-refractivity contribution in [2.45, 2.75) is 13.8 Å². The predicted octanol–water partition coefficient (Wildman–Crippen LogP) is 2.11. The summed E-state index contributed by atoms with van der Waals surface area (Å²) in [5.41, 5.74) is 1.37. The third kappa shape index (κ3) is 2.03. The molecule has 0 unspecified atom stereocenters. The fourth-order valence-corrected chi connectivity index (χ4v) is 1.43. The summed E-state index contributed by atoms with van der Waals surface area (Å²) < 4.78 is 20.0. The first-order valence-electron chi connectivity index (χ1n) is 5.01. The van der Waals surface area contributed by atoms with Crippen molar-refractivity contribution >= 4 is 0 Å². The van der Waals surface area contributed by atoms with Crippen LogP contribution >= 0.6 is 0 Å². The van der Waals surface area contributed by atoms with Crippen LogP contribution in [-0.4, -0.2) is 21.4 Å². The van der Waals surface area contributed by atoms with E-state index in [9.17, 15) is 4.39 Å². The van der Waals surface area contributed by atoms with Crippen molar-refractivity contribution in [3.8, 4) is 11.6 Å². The van der Waals surface area contributed by atoms with Gasteiger partial charge in [0.2, 0.25) is 5.88 Å². The largest absolute Gasteiger partial charge is 0.478 e. The van der Waals surface area contributed by atoms with E-state index in [0.29, 0.717) is 18.2 Å². The fourth-order valence-electron chi connectivity index (χ4n) is 1.43. The van der Waals surface area contributed by atoms with E-state index < -0.39 is 5.82 Å². The molecular formula is C11H12FN3O. The highest BCUT2D eigenvalue weighted by molar-refractivity contribution is 5.33. The molecule has 0 N–H and O–H groups in total. The summed E-state index contributed by atoms with van der Waals surface area (Å²) in [6, 6.07) is 3.16. The molecule has 16 heavy (non-hydrogen) atoms. The van der Waals surface area contributed by atoms with Crippen molar-refractivity contribution in [3.63, 3.8) is 0 Å². The van der Waals surface area contributed by atoms with Gasteiger partial charge in [0.05, 0.1) is 30.4 Å². The van der Waals surface area contributed by atoms with E-state index in [1.807, 2.05) is 13.8 Å². The lowest BCUT2D eigenvalue weighted by Gasteiger charge is -2.06. The number of pyridine rings is 1. The zero-order valence-corrected chi connectivity index (χ0v) is 9.14. The van der Waals surface area contributed by atoms with Gasteiger partial charge in [-0.15, -0.1) is 0 Å². The van der Waals surface area contributed by atoms with Crippen molar-refractivity contribution in [2.24, 2.45) is 0 Å². The summed E-state index contributed by atoms with van der Waals surface area (Å²) in [6.07, 6.45) is 2.69. The Bertz CT molecular complexity index is 496. The summed E-state index contributed by atoms with van der Waals surface area (Å²) in [5, 5.41) is 4.23. The van der Waals surface area contributed by atoms with E-state index in [4.69, 9.17) is 4.74 Å². The van der Waals surface area contributed by atoms with Crippen LogP contribution in [0.2, 0.25) is 0 Å². The van der Waals surface area contributed by atoms with Gasteiger partial charge in [0.25, 0.3) is 0 Å². The summed E-state index contributed by atoms with van der Waals surface area (Å²) in [6.45, 7) is 4.27. The average molecular weight is 221 g/mol. The molecule has 2 aromatic heterocycles. The number of halogens is 1. The second-order valence-electron chi connectivity index (χ2n) is 3.33. The van der Waals surface area contributed by atoms with Crippen LogP contribution in [0, 0.1) is 12.7 Å². The van der Waals surface area contributed by atoms with Crippen LogP contribution in [0.15, 0.2) is 24.5 Å². The molecule has 0 aliphatic heterocycles. The number of ether oxygens (including phenoxy) is 1. The third-order valence-electron chi connectivity index (χ3n) is 2.03. The Balaban J connectivity index is 2.46. The van der Waals surface area contributed by atoms with Gasteiger partial charge in [-0.3, -0.25) is 4.98 Å². The van der Waals surface area contributed by atoms with Gasteiger partial charge in [0, 0.05) is 12.1 Å². The van der Waals surface area contributed by atoms with E-state index in [2.05, 4.69) is 10.1 Å². The van der Waals surface area contributed by atoms with Crippen LogP contribution in [0.1, 0.15) is 12.6 Å². The average Bonchev–Trinajstić information content (AvgIpc) is 2.60. The number of hydrogen-bond donors (Lipinski definition) is 0. The second kappa shape index (κ2) is 4.30. The van der Waals surface area contributed by atoms with Crippen molar-refractivity contribution in [1.82, 2.24) is 14.8 Å². The maximum Gasteiger partial charge on any atom is 0.216 e. The first-order chi connectivity index (χ1) is 7.70. The van der Waals surface area contributed by atoms with Crippen LogP contribution in [-0.2, 0) is 0 Å². The zero-order chi connectivity index (χ0) is 11.5. The summed E-state index contributed by atoms with van der Waals surface area (Å²) >= 11 is 0. The van der Waals surface area contributed by atoms with Crippen molar-refractivity contribution in [3.05, 3.63) is 36.0 Å². The van der Waals surface area contributed by atoms with Crippen LogP contribution < -0.4 is 4.74 Å². The first kappa shape index (κ1) is 10.6. The smallest absolute Gasteiger partial charge is 0.216 e. The standard InChI is InChI=1S/C11H12FN3O/c1-3-16-11-4-8(2)14-15(11)10-5-9(12)6-13-7-10/h4-7H,3H2,1-2H3. The molecule has 5 heteroatoms. The lowest BCUT2D eigenvalue weighted by Crippen LogP contribution is -2.03. The van der Waals surface area contributed by atoms with Gasteiger partial charge in [-0.2, -0.15) is 9.78 Å². The van der Waals surface area contributed by atoms with Gasteiger partial charge in [0.1, 0.15) is 5.82 Å². The molecule has 2 heterocycles. The van der Waals surface area contributed by atoms with E-state index in [0.717, 1.165) is 11.9 Å².